The second-order valence-corrected chi connectivity index (χ2v) is 5.05. The van der Waals surface area contributed by atoms with Crippen LogP contribution in [0.5, 0.6) is 0 Å². The zero-order valence-corrected chi connectivity index (χ0v) is 11.9. The number of benzene rings is 1. The van der Waals surface area contributed by atoms with Gasteiger partial charge in [0.2, 0.25) is 0 Å². The first kappa shape index (κ1) is 13.8. The van der Waals surface area contributed by atoms with E-state index in [1.54, 1.807) is 0 Å². The van der Waals surface area contributed by atoms with Crippen LogP contribution in [0, 0.1) is 13.8 Å². The fraction of sp³-hybridized carbons (Fsp3) is 0.400. The highest BCUT2D eigenvalue weighted by Gasteiger charge is 2.13. The summed E-state index contributed by atoms with van der Waals surface area (Å²) in [5.41, 5.74) is 7.89. The van der Waals surface area contributed by atoms with Crippen molar-refractivity contribution in [3.05, 3.63) is 52.8 Å². The van der Waals surface area contributed by atoms with E-state index < -0.39 is 0 Å². The van der Waals surface area contributed by atoms with Crippen LogP contribution in [0.3, 0.4) is 0 Å². The molecule has 3 N–H and O–H groups in total. The second kappa shape index (κ2) is 5.99. The molecular weight excluding hydrogens is 236 g/mol. The van der Waals surface area contributed by atoms with E-state index in [2.05, 4.69) is 49.5 Å². The number of nitrogens with two attached hydrogens (primary N) is 1. The summed E-state index contributed by atoms with van der Waals surface area (Å²) in [4.78, 5) is 0. The van der Waals surface area contributed by atoms with Crippen LogP contribution in [0.1, 0.15) is 35.2 Å². The summed E-state index contributed by atoms with van der Waals surface area (Å²) < 4.78 is 1.92. The average molecular weight is 258 g/mol. The molecular formula is C15H22N4. The number of hydrogen-bond donors (Lipinski definition) is 2. The predicted molar refractivity (Wildman–Crippen MR) is 77.6 cm³/mol. The lowest BCUT2D eigenvalue weighted by atomic mass is 9.99. The van der Waals surface area contributed by atoms with Gasteiger partial charge in [-0.25, -0.2) is 0 Å². The molecule has 102 valence electrons. The minimum Gasteiger partial charge on any atom is -0.273 e. The van der Waals surface area contributed by atoms with E-state index in [9.17, 15) is 0 Å². The largest absolute Gasteiger partial charge is 0.273 e. The predicted octanol–water partition coefficient (Wildman–Crippen LogP) is 2.27. The van der Waals surface area contributed by atoms with Crippen molar-refractivity contribution in [2.24, 2.45) is 5.84 Å². The van der Waals surface area contributed by atoms with Crippen LogP contribution in [-0.2, 0) is 13.0 Å². The molecule has 4 heteroatoms. The zero-order chi connectivity index (χ0) is 13.8. The fourth-order valence-electron chi connectivity index (χ4n) is 2.43. The first-order valence-electron chi connectivity index (χ1n) is 6.68. The summed E-state index contributed by atoms with van der Waals surface area (Å²) in [6.45, 7) is 7.19. The lowest BCUT2D eigenvalue weighted by molar-refractivity contribution is 0.550. The average Bonchev–Trinajstić information content (AvgIpc) is 2.83. The van der Waals surface area contributed by atoms with Crippen molar-refractivity contribution in [2.75, 3.05) is 0 Å². The highest BCUT2D eigenvalue weighted by atomic mass is 15.3. The van der Waals surface area contributed by atoms with Crippen LogP contribution in [-0.4, -0.2) is 9.78 Å². The van der Waals surface area contributed by atoms with Crippen molar-refractivity contribution in [3.8, 4) is 0 Å². The molecule has 1 aromatic carbocycles. The molecule has 0 bridgehead atoms. The number of aromatic nitrogens is 2. The van der Waals surface area contributed by atoms with E-state index in [-0.39, 0.29) is 6.04 Å². The van der Waals surface area contributed by atoms with Crippen LogP contribution < -0.4 is 11.3 Å². The molecule has 2 rings (SSSR count). The molecule has 19 heavy (non-hydrogen) atoms. The third-order valence-corrected chi connectivity index (χ3v) is 3.30. The quantitative estimate of drug-likeness (QED) is 0.639. The number of aryl methyl sites for hydroxylation is 3. The van der Waals surface area contributed by atoms with Gasteiger partial charge >= 0.3 is 0 Å². The molecule has 0 aliphatic carbocycles. The molecule has 0 radical (unpaired) electrons. The second-order valence-electron chi connectivity index (χ2n) is 5.05. The molecule has 0 spiro atoms. The molecule has 4 nitrogen and oxygen atoms in total. The minimum atomic E-state index is 0.0986. The molecule has 1 heterocycles. The molecule has 0 fully saturated rings. The van der Waals surface area contributed by atoms with Gasteiger partial charge in [0.15, 0.2) is 0 Å². The van der Waals surface area contributed by atoms with Crippen molar-refractivity contribution in [3.63, 3.8) is 0 Å². The van der Waals surface area contributed by atoms with Crippen LogP contribution in [0.15, 0.2) is 30.6 Å². The molecule has 0 aliphatic rings. The summed E-state index contributed by atoms with van der Waals surface area (Å²) >= 11 is 0. The first-order valence-corrected chi connectivity index (χ1v) is 6.68. The van der Waals surface area contributed by atoms with Gasteiger partial charge in [-0.2, -0.15) is 5.10 Å². The molecule has 0 saturated carbocycles. The molecule has 0 aliphatic heterocycles. The minimum absolute atomic E-state index is 0.0986. The van der Waals surface area contributed by atoms with Crippen molar-refractivity contribution < 1.29 is 0 Å². The topological polar surface area (TPSA) is 55.9 Å². The number of hydrogen-bond acceptors (Lipinski definition) is 3. The van der Waals surface area contributed by atoms with E-state index >= 15 is 0 Å². The molecule has 0 amide bonds. The zero-order valence-electron chi connectivity index (χ0n) is 11.9. The number of rotatable bonds is 5. The monoisotopic (exact) mass is 258 g/mol. The molecule has 1 atom stereocenters. The lowest BCUT2D eigenvalue weighted by Crippen LogP contribution is -2.29. The maximum atomic E-state index is 5.69. The Kier molecular flexibility index (Phi) is 4.35. The third-order valence-electron chi connectivity index (χ3n) is 3.30. The van der Waals surface area contributed by atoms with Gasteiger partial charge in [-0.3, -0.25) is 16.0 Å². The Balaban J connectivity index is 2.18. The Hall–Kier alpha value is -1.65. The SMILES string of the molecule is CCn1cc(C(Cc2cc(C)cc(C)c2)NN)cn1. The van der Waals surface area contributed by atoms with E-state index in [1.807, 2.05) is 17.1 Å². The standard InChI is InChI=1S/C15H22N4/c1-4-19-10-14(9-17-19)15(18-16)8-13-6-11(2)5-12(3)7-13/h5-7,9-10,15,18H,4,8,16H2,1-3H3. The number of nitrogens with zero attached hydrogens (tertiary/aromatic N) is 2. The summed E-state index contributed by atoms with van der Waals surface area (Å²) in [5, 5.41) is 4.30. The Morgan fingerprint density at radius 3 is 2.47 bits per heavy atom. The van der Waals surface area contributed by atoms with Crippen LogP contribution in [0.25, 0.3) is 0 Å². The van der Waals surface area contributed by atoms with Gasteiger partial charge in [0.25, 0.3) is 0 Å². The normalized spacial score (nSPS) is 12.6. The summed E-state index contributed by atoms with van der Waals surface area (Å²) in [7, 11) is 0. The van der Waals surface area contributed by atoms with E-state index in [4.69, 9.17) is 5.84 Å². The highest BCUT2D eigenvalue weighted by molar-refractivity contribution is 5.30. The van der Waals surface area contributed by atoms with Gasteiger partial charge < -0.3 is 0 Å². The van der Waals surface area contributed by atoms with Crippen molar-refractivity contribution in [2.45, 2.75) is 39.8 Å². The van der Waals surface area contributed by atoms with Gasteiger partial charge in [-0.1, -0.05) is 29.3 Å². The molecule has 1 unspecified atom stereocenters. The van der Waals surface area contributed by atoms with Gasteiger partial charge in [-0.15, -0.1) is 0 Å². The fourth-order valence-corrected chi connectivity index (χ4v) is 2.43. The Morgan fingerprint density at radius 1 is 1.26 bits per heavy atom. The van der Waals surface area contributed by atoms with Gasteiger partial charge in [0.05, 0.1) is 12.2 Å². The van der Waals surface area contributed by atoms with Gasteiger partial charge in [-0.05, 0) is 32.8 Å². The Labute approximate surface area is 114 Å². The van der Waals surface area contributed by atoms with Crippen molar-refractivity contribution in [1.29, 1.82) is 0 Å². The van der Waals surface area contributed by atoms with E-state index in [1.165, 1.54) is 16.7 Å². The lowest BCUT2D eigenvalue weighted by Gasteiger charge is -2.15. The van der Waals surface area contributed by atoms with E-state index in [0.717, 1.165) is 18.5 Å². The van der Waals surface area contributed by atoms with E-state index in [0.29, 0.717) is 0 Å². The highest BCUT2D eigenvalue weighted by Crippen LogP contribution is 2.19. The number of hydrazine groups is 1. The Bertz CT molecular complexity index is 525. The smallest absolute Gasteiger partial charge is 0.0538 e. The first-order chi connectivity index (χ1) is 9.12. The van der Waals surface area contributed by atoms with Gasteiger partial charge in [0, 0.05) is 18.3 Å². The maximum Gasteiger partial charge on any atom is 0.0538 e. The van der Waals surface area contributed by atoms with Crippen LogP contribution in [0.2, 0.25) is 0 Å². The molecule has 0 saturated heterocycles. The summed E-state index contributed by atoms with van der Waals surface area (Å²) in [6.07, 6.45) is 4.80. The molecule has 1 aromatic heterocycles. The van der Waals surface area contributed by atoms with Crippen molar-refractivity contribution >= 4 is 0 Å². The number of nitrogens with one attached hydrogen (secondary N) is 1. The van der Waals surface area contributed by atoms with Crippen molar-refractivity contribution in [1.82, 2.24) is 15.2 Å². The van der Waals surface area contributed by atoms with Crippen LogP contribution >= 0.6 is 0 Å². The van der Waals surface area contributed by atoms with Crippen LogP contribution in [0.4, 0.5) is 0 Å². The Morgan fingerprint density at radius 2 is 1.95 bits per heavy atom. The molecule has 2 aromatic rings. The maximum absolute atomic E-state index is 5.69. The van der Waals surface area contributed by atoms with Gasteiger partial charge in [0.1, 0.15) is 0 Å². The summed E-state index contributed by atoms with van der Waals surface area (Å²) in [6, 6.07) is 6.70. The third kappa shape index (κ3) is 3.43. The summed E-state index contributed by atoms with van der Waals surface area (Å²) in [5.74, 6) is 5.69.